The molecule has 0 saturated heterocycles. The lowest BCUT2D eigenvalue weighted by atomic mass is 9.78. The molecule has 0 radical (unpaired) electrons. The van der Waals surface area contributed by atoms with Crippen molar-refractivity contribution in [3.8, 4) is 0 Å². The smallest absolute Gasteiger partial charge is 0.307 e. The van der Waals surface area contributed by atoms with Gasteiger partial charge in [0, 0.05) is 11.4 Å². The molecule has 2 aromatic rings. The number of fused-ring (bicyclic) bond motifs is 1. The maximum absolute atomic E-state index is 13.2. The lowest BCUT2D eigenvalue weighted by molar-refractivity contribution is -0.147. The second-order valence-electron chi connectivity index (χ2n) is 8.41. The standard InChI is InChI=1S/C24H28N2O4S/c27-21(16-10-4-5-11-17(16)24(29)30)26-23-20(18-12-6-7-13-19(18)31-23)22(28)25-14-15-8-2-1-3-9-15/h1-3,8-9,16-17H,4-7,10-14H2,(H,25,28)(H,26,27)(H,29,30)/t16-,17+/m0/s1. The first kappa shape index (κ1) is 21.6. The summed E-state index contributed by atoms with van der Waals surface area (Å²) in [6, 6.07) is 9.72. The van der Waals surface area contributed by atoms with Gasteiger partial charge in [0.25, 0.3) is 5.91 Å². The third-order valence-corrected chi connectivity index (χ3v) is 7.56. The van der Waals surface area contributed by atoms with Crippen LogP contribution in [0.1, 0.15) is 64.9 Å². The van der Waals surface area contributed by atoms with Gasteiger partial charge in [0.15, 0.2) is 0 Å². The predicted molar refractivity (Wildman–Crippen MR) is 120 cm³/mol. The summed E-state index contributed by atoms with van der Waals surface area (Å²) < 4.78 is 0. The van der Waals surface area contributed by atoms with Gasteiger partial charge in [0.2, 0.25) is 5.91 Å². The van der Waals surface area contributed by atoms with Crippen LogP contribution in [0, 0.1) is 11.8 Å². The van der Waals surface area contributed by atoms with Crippen molar-refractivity contribution in [3.05, 3.63) is 51.9 Å². The fourth-order valence-electron chi connectivity index (χ4n) is 4.71. The highest BCUT2D eigenvalue weighted by molar-refractivity contribution is 7.17. The molecule has 1 fully saturated rings. The van der Waals surface area contributed by atoms with Crippen LogP contribution in [0.3, 0.4) is 0 Å². The Hall–Kier alpha value is -2.67. The molecule has 2 amide bonds. The molecule has 0 spiro atoms. The van der Waals surface area contributed by atoms with E-state index in [-0.39, 0.29) is 11.8 Å². The second-order valence-corrected chi connectivity index (χ2v) is 9.51. The maximum atomic E-state index is 13.2. The SMILES string of the molecule is O=C(NCc1ccccc1)c1c(NC(=O)[C@H]2CCCC[C@H]2C(=O)O)sc2c1CCCC2. The molecule has 3 N–H and O–H groups in total. The Labute approximate surface area is 186 Å². The van der Waals surface area contributed by atoms with E-state index in [1.165, 1.54) is 11.3 Å². The van der Waals surface area contributed by atoms with Crippen molar-refractivity contribution in [1.29, 1.82) is 0 Å². The minimum atomic E-state index is -0.911. The molecule has 2 aliphatic rings. The Morgan fingerprint density at radius 2 is 1.68 bits per heavy atom. The molecule has 2 atom stereocenters. The molecule has 6 nitrogen and oxygen atoms in total. The number of aliphatic carboxylic acids is 1. The zero-order valence-corrected chi connectivity index (χ0v) is 18.3. The van der Waals surface area contributed by atoms with Crippen LogP contribution in [0.25, 0.3) is 0 Å². The Morgan fingerprint density at radius 3 is 2.42 bits per heavy atom. The molecule has 4 rings (SSSR count). The van der Waals surface area contributed by atoms with Crippen LogP contribution >= 0.6 is 11.3 Å². The van der Waals surface area contributed by atoms with Crippen molar-refractivity contribution in [2.45, 2.75) is 57.9 Å². The number of nitrogens with one attached hydrogen (secondary N) is 2. The molecule has 164 valence electrons. The average molecular weight is 441 g/mol. The van der Waals surface area contributed by atoms with Crippen LogP contribution in [0.15, 0.2) is 30.3 Å². The molecule has 31 heavy (non-hydrogen) atoms. The highest BCUT2D eigenvalue weighted by atomic mass is 32.1. The lowest BCUT2D eigenvalue weighted by Crippen LogP contribution is -2.36. The summed E-state index contributed by atoms with van der Waals surface area (Å²) in [6.45, 7) is 0.418. The molecular formula is C24H28N2O4S. The Bertz CT molecular complexity index is 969. The number of carbonyl (C=O) groups is 3. The minimum absolute atomic E-state index is 0.183. The third kappa shape index (κ3) is 4.82. The number of hydrogen-bond donors (Lipinski definition) is 3. The maximum Gasteiger partial charge on any atom is 0.307 e. The van der Waals surface area contributed by atoms with Crippen molar-refractivity contribution in [2.75, 3.05) is 5.32 Å². The van der Waals surface area contributed by atoms with Crippen molar-refractivity contribution in [2.24, 2.45) is 11.8 Å². The van der Waals surface area contributed by atoms with Crippen LogP contribution < -0.4 is 10.6 Å². The molecule has 0 aliphatic heterocycles. The molecule has 0 bridgehead atoms. The number of carboxylic acid groups (broad SMARTS) is 1. The molecule has 0 unspecified atom stereocenters. The summed E-state index contributed by atoms with van der Waals surface area (Å²) in [5, 5.41) is 16.1. The monoisotopic (exact) mass is 440 g/mol. The van der Waals surface area contributed by atoms with Gasteiger partial charge in [0.1, 0.15) is 5.00 Å². The number of aryl methyl sites for hydroxylation is 1. The number of anilines is 1. The van der Waals surface area contributed by atoms with Crippen molar-refractivity contribution >= 4 is 34.1 Å². The summed E-state index contributed by atoms with van der Waals surface area (Å²) in [7, 11) is 0. The normalized spacial score (nSPS) is 20.5. The van der Waals surface area contributed by atoms with Crippen molar-refractivity contribution in [3.63, 3.8) is 0 Å². The van der Waals surface area contributed by atoms with Gasteiger partial charge < -0.3 is 15.7 Å². The number of carbonyl (C=O) groups excluding carboxylic acids is 2. The summed E-state index contributed by atoms with van der Waals surface area (Å²) in [5.74, 6) is -2.57. The summed E-state index contributed by atoms with van der Waals surface area (Å²) in [6.07, 6.45) is 6.64. The fourth-order valence-corrected chi connectivity index (χ4v) is 6.00. The van der Waals surface area contributed by atoms with Gasteiger partial charge >= 0.3 is 5.97 Å². The van der Waals surface area contributed by atoms with E-state index in [9.17, 15) is 19.5 Å². The van der Waals surface area contributed by atoms with Gasteiger partial charge in [-0.05, 0) is 49.7 Å². The predicted octanol–water partition coefficient (Wildman–Crippen LogP) is 4.39. The zero-order chi connectivity index (χ0) is 21.8. The van der Waals surface area contributed by atoms with Gasteiger partial charge in [0.05, 0.1) is 17.4 Å². The number of rotatable bonds is 6. The van der Waals surface area contributed by atoms with E-state index in [2.05, 4.69) is 10.6 Å². The van der Waals surface area contributed by atoms with E-state index in [1.54, 1.807) is 0 Å². The molecule has 2 aliphatic carbocycles. The highest BCUT2D eigenvalue weighted by Gasteiger charge is 2.37. The number of benzene rings is 1. The zero-order valence-electron chi connectivity index (χ0n) is 17.5. The first-order chi connectivity index (χ1) is 15.0. The first-order valence-electron chi connectivity index (χ1n) is 11.0. The van der Waals surface area contributed by atoms with E-state index in [1.807, 2.05) is 30.3 Å². The van der Waals surface area contributed by atoms with Crippen molar-refractivity contribution < 1.29 is 19.5 Å². The van der Waals surface area contributed by atoms with Gasteiger partial charge in [-0.15, -0.1) is 11.3 Å². The molecule has 1 aromatic carbocycles. The van der Waals surface area contributed by atoms with E-state index >= 15 is 0 Å². The second kappa shape index (κ2) is 9.64. The van der Waals surface area contributed by atoms with Crippen molar-refractivity contribution in [1.82, 2.24) is 5.32 Å². The molecule has 1 heterocycles. The summed E-state index contributed by atoms with van der Waals surface area (Å²) in [5.41, 5.74) is 2.61. The summed E-state index contributed by atoms with van der Waals surface area (Å²) >= 11 is 1.47. The fraction of sp³-hybridized carbons (Fsp3) is 0.458. The first-order valence-corrected chi connectivity index (χ1v) is 11.9. The quantitative estimate of drug-likeness (QED) is 0.621. The third-order valence-electron chi connectivity index (χ3n) is 6.35. The van der Waals surface area contributed by atoms with Gasteiger partial charge in [-0.2, -0.15) is 0 Å². The number of hydrogen-bond acceptors (Lipinski definition) is 4. The van der Waals surface area contributed by atoms with Crippen LogP contribution in [-0.4, -0.2) is 22.9 Å². The van der Waals surface area contributed by atoms with Gasteiger partial charge in [-0.25, -0.2) is 0 Å². The van der Waals surface area contributed by atoms with Crippen LogP contribution in [0.2, 0.25) is 0 Å². The average Bonchev–Trinajstić information content (AvgIpc) is 3.16. The lowest BCUT2D eigenvalue weighted by Gasteiger charge is -2.27. The molecular weight excluding hydrogens is 412 g/mol. The Morgan fingerprint density at radius 1 is 0.968 bits per heavy atom. The van der Waals surface area contributed by atoms with E-state index in [0.717, 1.165) is 54.5 Å². The Balaban J connectivity index is 1.55. The van der Waals surface area contributed by atoms with E-state index < -0.39 is 17.8 Å². The number of thiophene rings is 1. The minimum Gasteiger partial charge on any atom is -0.481 e. The Kier molecular flexibility index (Phi) is 6.70. The number of carboxylic acids is 1. The van der Waals surface area contributed by atoms with Gasteiger partial charge in [-0.1, -0.05) is 43.2 Å². The molecule has 7 heteroatoms. The largest absolute Gasteiger partial charge is 0.481 e. The van der Waals surface area contributed by atoms with E-state index in [0.29, 0.717) is 30.0 Å². The topological polar surface area (TPSA) is 95.5 Å². The van der Waals surface area contributed by atoms with Gasteiger partial charge in [-0.3, -0.25) is 14.4 Å². The molecule has 1 aromatic heterocycles. The highest BCUT2D eigenvalue weighted by Crippen LogP contribution is 2.39. The van der Waals surface area contributed by atoms with E-state index in [4.69, 9.17) is 0 Å². The number of amides is 2. The van der Waals surface area contributed by atoms with Crippen LogP contribution in [0.4, 0.5) is 5.00 Å². The van der Waals surface area contributed by atoms with Crippen LogP contribution in [0.5, 0.6) is 0 Å². The molecule has 1 saturated carbocycles. The summed E-state index contributed by atoms with van der Waals surface area (Å²) in [4.78, 5) is 39.0. The van der Waals surface area contributed by atoms with Crippen LogP contribution in [-0.2, 0) is 29.0 Å².